The number of nitrogens with zero attached hydrogens (tertiary/aromatic N) is 1. The first kappa shape index (κ1) is 19.4. The maximum atomic E-state index is 4.49. The van der Waals surface area contributed by atoms with Crippen molar-refractivity contribution in [1.82, 2.24) is 4.90 Å². The van der Waals surface area contributed by atoms with Crippen LogP contribution in [0.1, 0.15) is 27.7 Å². The van der Waals surface area contributed by atoms with Crippen LogP contribution in [0.15, 0.2) is 12.2 Å². The molecule has 0 saturated carbocycles. The summed E-state index contributed by atoms with van der Waals surface area (Å²) < 4.78 is 0. The molecule has 0 aromatic carbocycles. The van der Waals surface area contributed by atoms with Gasteiger partial charge in [0.1, 0.15) is 0 Å². The van der Waals surface area contributed by atoms with E-state index in [1.165, 1.54) is 0 Å². The number of allylic oxidation sites excluding steroid dienone is 1. The molecule has 0 N–H and O–H groups in total. The van der Waals surface area contributed by atoms with Crippen LogP contribution in [0.3, 0.4) is 0 Å². The van der Waals surface area contributed by atoms with E-state index >= 15 is 0 Å². The van der Waals surface area contributed by atoms with Gasteiger partial charge in [-0.05, 0) is 25.9 Å². The Hall–Kier alpha value is 1.08. The summed E-state index contributed by atoms with van der Waals surface area (Å²) in [5, 5.41) is 0.246. The summed E-state index contributed by atoms with van der Waals surface area (Å²) in [4.78, 5) is 2.18. The van der Waals surface area contributed by atoms with Crippen LogP contribution in [0.4, 0.5) is 0 Å². The van der Waals surface area contributed by atoms with E-state index < -0.39 is 0 Å². The molecule has 0 saturated heterocycles. The van der Waals surface area contributed by atoms with Crippen LogP contribution in [0.5, 0.6) is 0 Å². The van der Waals surface area contributed by atoms with Crippen molar-refractivity contribution in [2.45, 2.75) is 32.9 Å². The number of rotatable bonds is 5. The summed E-state index contributed by atoms with van der Waals surface area (Å²) in [6.45, 7) is 10.2. The first-order valence-electron chi connectivity index (χ1n) is 5.54. The van der Waals surface area contributed by atoms with Crippen molar-refractivity contribution in [2.75, 3.05) is 20.6 Å². The summed E-state index contributed by atoms with van der Waals surface area (Å²) in [5.74, 6) is 1.32. The molecule has 0 aromatic rings. The number of halogens is 1. The fourth-order valence-corrected chi connectivity index (χ4v) is 1.66. The van der Waals surface area contributed by atoms with E-state index in [1.54, 1.807) is 0 Å². The van der Waals surface area contributed by atoms with E-state index in [4.69, 9.17) is 0 Å². The fourth-order valence-electron chi connectivity index (χ4n) is 1.52. The molecule has 0 fully saturated rings. The average molecular weight is 357 g/mol. The molecule has 0 aliphatic carbocycles. The van der Waals surface area contributed by atoms with Crippen LogP contribution in [-0.2, 0) is 18.2 Å². The van der Waals surface area contributed by atoms with Crippen LogP contribution < -0.4 is 0 Å². The topological polar surface area (TPSA) is 3.24 Å². The number of likely N-dealkylation sites (N-methyl/N-ethyl adjacent to an activating group) is 1. The summed E-state index contributed by atoms with van der Waals surface area (Å²) in [5.41, 5.74) is 0. The summed E-state index contributed by atoms with van der Waals surface area (Å²) in [6, 6.07) is 0. The Labute approximate surface area is 119 Å². The molecule has 0 radical (unpaired) electrons. The molecule has 0 bridgehead atoms. The van der Waals surface area contributed by atoms with Crippen LogP contribution >= 0.6 is 18.8 Å². The first-order valence-corrected chi connectivity index (χ1v) is 8.12. The molecule has 0 spiro atoms. The van der Waals surface area contributed by atoms with Crippen LogP contribution in [0.25, 0.3) is 0 Å². The van der Waals surface area contributed by atoms with Crippen molar-refractivity contribution in [3.05, 3.63) is 12.2 Å². The van der Waals surface area contributed by atoms with Crippen molar-refractivity contribution in [1.29, 1.82) is 0 Å². The van der Waals surface area contributed by atoms with E-state index in [1.807, 2.05) is 0 Å². The summed E-state index contributed by atoms with van der Waals surface area (Å²) >= 11 is 2.22. The molecule has 1 nitrogen and oxygen atoms in total. The standard InChI is InChI=1S/C12H26NP.ClH.Pd/c1-10(2)12(14,11(3)4)8-7-9-13(5)6;;/h7-8,10-11H,9,14H2,1-6H3;1H;/q;;+1/p-1/b8-7+;;. The molecule has 4 heteroatoms. The molecule has 0 aliphatic heterocycles. The molecule has 101 valence electrons. The molecular formula is C12H26ClNPPd. The Balaban J connectivity index is 0. The van der Waals surface area contributed by atoms with Gasteiger partial charge < -0.3 is 4.90 Å². The number of hydrogen-bond acceptors (Lipinski definition) is 1. The Bertz CT molecular complexity index is 185. The van der Waals surface area contributed by atoms with Gasteiger partial charge >= 0.3 is 27.7 Å². The normalized spacial score (nSPS) is 12.6. The van der Waals surface area contributed by atoms with Crippen LogP contribution in [-0.4, -0.2) is 30.7 Å². The van der Waals surface area contributed by atoms with E-state index in [2.05, 4.69) is 95.8 Å². The van der Waals surface area contributed by atoms with E-state index in [0.29, 0.717) is 11.8 Å². The average Bonchev–Trinajstić information content (AvgIpc) is 2.19. The molecular weight excluding hydrogens is 331 g/mol. The molecule has 0 aliphatic rings. The van der Waals surface area contributed by atoms with Gasteiger partial charge in [-0.15, -0.1) is 9.24 Å². The van der Waals surface area contributed by atoms with E-state index in [9.17, 15) is 0 Å². The molecule has 0 amide bonds. The van der Waals surface area contributed by atoms with E-state index in [0.717, 1.165) is 6.54 Å². The second-order valence-corrected chi connectivity index (χ2v) is 5.97. The monoisotopic (exact) mass is 356 g/mol. The molecule has 1 atom stereocenters. The number of hydrogen-bond donors (Lipinski definition) is 0. The summed E-state index contributed by atoms with van der Waals surface area (Å²) in [7, 11) is 11.7. The van der Waals surface area contributed by atoms with Gasteiger partial charge in [-0.25, -0.2) is 0 Å². The van der Waals surface area contributed by atoms with Crippen molar-refractivity contribution < 1.29 is 18.2 Å². The third-order valence-electron chi connectivity index (χ3n) is 2.88. The zero-order valence-electron chi connectivity index (χ0n) is 11.2. The second kappa shape index (κ2) is 10.0. The second-order valence-electron chi connectivity index (χ2n) is 4.97. The molecule has 0 aromatic heterocycles. The van der Waals surface area contributed by atoms with Crippen LogP contribution in [0.2, 0.25) is 0 Å². The zero-order chi connectivity index (χ0) is 13.4. The molecule has 0 heterocycles. The summed E-state index contributed by atoms with van der Waals surface area (Å²) in [6.07, 6.45) is 4.62. The van der Waals surface area contributed by atoms with Crippen molar-refractivity contribution in [3.8, 4) is 0 Å². The van der Waals surface area contributed by atoms with Gasteiger partial charge in [0.25, 0.3) is 0 Å². The quantitative estimate of drug-likeness (QED) is 0.412. The van der Waals surface area contributed by atoms with Gasteiger partial charge in [0.2, 0.25) is 0 Å². The predicted octanol–water partition coefficient (Wildman–Crippen LogP) is 3.72. The first-order chi connectivity index (χ1) is 7.30. The van der Waals surface area contributed by atoms with Gasteiger partial charge in [0.05, 0.1) is 0 Å². The van der Waals surface area contributed by atoms with Gasteiger partial charge in [-0.3, -0.25) is 0 Å². The van der Waals surface area contributed by atoms with Gasteiger partial charge in [0.15, 0.2) is 0 Å². The molecule has 16 heavy (non-hydrogen) atoms. The van der Waals surface area contributed by atoms with Gasteiger partial charge in [-0.1, -0.05) is 39.8 Å². The Morgan fingerprint density at radius 1 is 1.19 bits per heavy atom. The van der Waals surface area contributed by atoms with Gasteiger partial charge in [-0.2, -0.15) is 0 Å². The Kier molecular flexibility index (Phi) is 12.2. The van der Waals surface area contributed by atoms with Crippen molar-refractivity contribution in [3.63, 3.8) is 0 Å². The van der Waals surface area contributed by atoms with E-state index in [-0.39, 0.29) is 5.16 Å². The molecule has 0 rings (SSSR count). The van der Waals surface area contributed by atoms with Crippen molar-refractivity contribution >= 4 is 18.8 Å². The third-order valence-corrected chi connectivity index (χ3v) is 4.40. The van der Waals surface area contributed by atoms with Crippen LogP contribution in [0, 0.1) is 11.8 Å². The maximum absolute atomic E-state index is 4.49. The van der Waals surface area contributed by atoms with Crippen molar-refractivity contribution in [2.24, 2.45) is 11.8 Å². The molecule has 1 unspecified atom stereocenters. The Morgan fingerprint density at radius 2 is 1.56 bits per heavy atom. The SMILES string of the molecule is CC(C)C(P)(/C=C/CN(C)C)C(C)C.[Cl][Pd]. The van der Waals surface area contributed by atoms with Gasteiger partial charge in [0, 0.05) is 11.7 Å². The Morgan fingerprint density at radius 3 is 1.81 bits per heavy atom. The minimum absolute atomic E-state index is 0.246. The third kappa shape index (κ3) is 7.42. The fraction of sp³-hybridized carbons (Fsp3) is 0.833. The predicted molar refractivity (Wildman–Crippen MR) is 75.7 cm³/mol. The zero-order valence-corrected chi connectivity index (χ0v) is 14.7. The minimum atomic E-state index is 0.246.